The largest absolute Gasteiger partial charge is 0.489 e. The standard InChI is InChI=1S/C29H39N7O5/c1-28(2,39)16-40-23-7-6-22-20(14-32-36(22)24(23)17-4-5-17)26(38)33-18-10-29(11-18)12-19(13-29)41-27-21(25(31)37)15-35(34-27)9-3-8-30/h6-7,14-15,17-19,39H,3-5,8-13,16,30H2,1-2H3,(H2,31,37)(H,33,38)/t18-,19-,29?. The number of carbonyl (C=O) groups excluding carboxylic acids is 2. The van der Waals surface area contributed by atoms with Gasteiger partial charge in [0, 0.05) is 24.7 Å². The SMILES string of the molecule is CC(C)(O)COc1ccc2c(C(=O)N[C@H]3CC4(C3)C[C@H](Oc3nn(CCCN)cc3C(N)=O)C4)cnn2c1C1CC1. The van der Waals surface area contributed by atoms with Gasteiger partial charge in [-0.2, -0.15) is 5.10 Å². The lowest BCUT2D eigenvalue weighted by molar-refractivity contribution is -0.0849. The topological polar surface area (TPSA) is 172 Å². The van der Waals surface area contributed by atoms with Crippen LogP contribution in [-0.2, 0) is 6.54 Å². The van der Waals surface area contributed by atoms with Gasteiger partial charge >= 0.3 is 0 Å². The zero-order valence-electron chi connectivity index (χ0n) is 23.6. The molecule has 12 nitrogen and oxygen atoms in total. The third kappa shape index (κ3) is 5.62. The molecule has 3 aromatic heterocycles. The number of aromatic nitrogens is 4. The van der Waals surface area contributed by atoms with Crippen LogP contribution in [0.3, 0.4) is 0 Å². The molecule has 0 radical (unpaired) electrons. The van der Waals surface area contributed by atoms with Crippen molar-refractivity contribution in [2.24, 2.45) is 16.9 Å². The molecule has 2 amide bonds. The van der Waals surface area contributed by atoms with Gasteiger partial charge in [-0.1, -0.05) is 0 Å². The molecule has 41 heavy (non-hydrogen) atoms. The summed E-state index contributed by atoms with van der Waals surface area (Å²) in [4.78, 5) is 25.1. The van der Waals surface area contributed by atoms with Crippen molar-refractivity contribution in [2.45, 2.75) is 89.0 Å². The summed E-state index contributed by atoms with van der Waals surface area (Å²) in [6.07, 6.45) is 9.52. The van der Waals surface area contributed by atoms with Crippen LogP contribution in [0.15, 0.2) is 24.5 Å². The first-order chi connectivity index (χ1) is 19.5. The first-order valence-corrected chi connectivity index (χ1v) is 14.4. The van der Waals surface area contributed by atoms with E-state index in [0.29, 0.717) is 30.3 Å². The number of pyridine rings is 1. The van der Waals surface area contributed by atoms with Gasteiger partial charge < -0.3 is 31.4 Å². The molecule has 6 N–H and O–H groups in total. The van der Waals surface area contributed by atoms with Crippen molar-refractivity contribution >= 4 is 17.3 Å². The molecule has 0 saturated heterocycles. The minimum atomic E-state index is -0.947. The lowest BCUT2D eigenvalue weighted by atomic mass is 9.53. The van der Waals surface area contributed by atoms with E-state index in [1.165, 1.54) is 0 Å². The predicted octanol–water partition coefficient (Wildman–Crippen LogP) is 2.13. The molecule has 12 heteroatoms. The number of nitrogens with zero attached hydrogens (tertiary/aromatic N) is 4. The van der Waals surface area contributed by atoms with Gasteiger partial charge in [-0.3, -0.25) is 14.3 Å². The second-order valence-electron chi connectivity index (χ2n) is 12.7. The Balaban J connectivity index is 1.05. The summed E-state index contributed by atoms with van der Waals surface area (Å²) in [7, 11) is 0. The van der Waals surface area contributed by atoms with Crippen LogP contribution >= 0.6 is 0 Å². The first-order valence-electron chi connectivity index (χ1n) is 14.4. The minimum Gasteiger partial charge on any atom is -0.489 e. The highest BCUT2D eigenvalue weighted by Gasteiger charge is 2.54. The van der Waals surface area contributed by atoms with Crippen molar-refractivity contribution in [3.63, 3.8) is 0 Å². The molecule has 0 aromatic carbocycles. The van der Waals surface area contributed by atoms with Gasteiger partial charge in [0.15, 0.2) is 0 Å². The van der Waals surface area contributed by atoms with E-state index in [2.05, 4.69) is 15.5 Å². The fourth-order valence-electron chi connectivity index (χ4n) is 6.20. The molecule has 0 bridgehead atoms. The molecule has 220 valence electrons. The summed E-state index contributed by atoms with van der Waals surface area (Å²) < 4.78 is 15.5. The van der Waals surface area contributed by atoms with E-state index in [-0.39, 0.29) is 41.5 Å². The summed E-state index contributed by atoms with van der Waals surface area (Å²) in [6.45, 7) is 4.72. The molecule has 6 rings (SSSR count). The Morgan fingerprint density at radius 3 is 2.61 bits per heavy atom. The van der Waals surface area contributed by atoms with Crippen molar-refractivity contribution in [2.75, 3.05) is 13.2 Å². The number of ether oxygens (including phenoxy) is 2. The summed E-state index contributed by atoms with van der Waals surface area (Å²) in [5.74, 6) is 0.628. The normalized spacial score (nSPS) is 23.7. The van der Waals surface area contributed by atoms with E-state index >= 15 is 0 Å². The van der Waals surface area contributed by atoms with Gasteiger partial charge in [-0.25, -0.2) is 4.52 Å². The van der Waals surface area contributed by atoms with Crippen molar-refractivity contribution in [3.8, 4) is 11.6 Å². The maximum atomic E-state index is 13.2. The Morgan fingerprint density at radius 2 is 1.95 bits per heavy atom. The van der Waals surface area contributed by atoms with Crippen LogP contribution in [0.4, 0.5) is 0 Å². The molecule has 3 heterocycles. The van der Waals surface area contributed by atoms with Crippen LogP contribution in [-0.4, -0.2) is 67.2 Å². The molecule has 0 atom stereocenters. The summed E-state index contributed by atoms with van der Waals surface area (Å²) >= 11 is 0. The number of rotatable bonds is 12. The third-order valence-electron chi connectivity index (χ3n) is 8.35. The average molecular weight is 566 g/mol. The fourth-order valence-corrected chi connectivity index (χ4v) is 6.20. The number of carbonyl (C=O) groups is 2. The number of nitrogens with one attached hydrogen (secondary N) is 1. The van der Waals surface area contributed by atoms with Crippen LogP contribution in [0, 0.1) is 5.41 Å². The lowest BCUT2D eigenvalue weighted by Gasteiger charge is -2.57. The second kappa shape index (κ2) is 10.3. The highest BCUT2D eigenvalue weighted by atomic mass is 16.5. The second-order valence-corrected chi connectivity index (χ2v) is 12.7. The molecule has 3 aliphatic carbocycles. The summed E-state index contributed by atoms with van der Waals surface area (Å²) in [5, 5.41) is 22.2. The molecule has 3 aliphatic rings. The Bertz CT molecular complexity index is 1450. The van der Waals surface area contributed by atoms with Gasteiger partial charge in [-0.05, 0) is 82.9 Å². The highest BCUT2D eigenvalue weighted by Crippen LogP contribution is 2.57. The van der Waals surface area contributed by atoms with Gasteiger partial charge in [0.1, 0.15) is 24.0 Å². The lowest BCUT2D eigenvalue weighted by Crippen LogP contribution is -2.58. The van der Waals surface area contributed by atoms with Gasteiger partial charge in [0.05, 0.1) is 28.6 Å². The zero-order chi connectivity index (χ0) is 28.9. The molecule has 1 spiro atoms. The van der Waals surface area contributed by atoms with Crippen LogP contribution in [0.5, 0.6) is 11.6 Å². The zero-order valence-corrected chi connectivity index (χ0v) is 23.6. The Hall–Kier alpha value is -3.64. The molecule has 3 saturated carbocycles. The van der Waals surface area contributed by atoms with E-state index in [0.717, 1.165) is 56.2 Å². The van der Waals surface area contributed by atoms with E-state index in [9.17, 15) is 14.7 Å². The molecule has 0 aliphatic heterocycles. The smallest absolute Gasteiger partial charge is 0.255 e. The van der Waals surface area contributed by atoms with E-state index in [1.54, 1.807) is 30.9 Å². The first kappa shape index (κ1) is 27.5. The number of aliphatic hydroxyl groups is 1. The van der Waals surface area contributed by atoms with E-state index in [4.69, 9.17) is 20.9 Å². The highest BCUT2D eigenvalue weighted by molar-refractivity contribution is 6.01. The number of hydrogen-bond donors (Lipinski definition) is 4. The Labute approximate surface area is 238 Å². The van der Waals surface area contributed by atoms with E-state index < -0.39 is 11.5 Å². The molecular formula is C29H39N7O5. The molecule has 0 unspecified atom stereocenters. The minimum absolute atomic E-state index is 0.0316. The summed E-state index contributed by atoms with van der Waals surface area (Å²) in [5.41, 5.74) is 12.8. The third-order valence-corrected chi connectivity index (χ3v) is 8.35. The van der Waals surface area contributed by atoms with Gasteiger partial charge in [-0.15, -0.1) is 5.10 Å². The van der Waals surface area contributed by atoms with Crippen LogP contribution < -0.4 is 26.3 Å². The number of nitrogens with two attached hydrogens (primary N) is 2. The number of aryl methyl sites for hydroxylation is 1. The van der Waals surface area contributed by atoms with Gasteiger partial charge in [0.25, 0.3) is 11.8 Å². The molecular weight excluding hydrogens is 526 g/mol. The van der Waals surface area contributed by atoms with E-state index in [1.807, 2.05) is 16.6 Å². The Morgan fingerprint density at radius 1 is 1.20 bits per heavy atom. The maximum absolute atomic E-state index is 13.2. The van der Waals surface area contributed by atoms with Crippen molar-refractivity contribution in [3.05, 3.63) is 41.3 Å². The van der Waals surface area contributed by atoms with Crippen molar-refractivity contribution < 1.29 is 24.2 Å². The number of amides is 2. The quantitative estimate of drug-likeness (QED) is 0.259. The predicted molar refractivity (Wildman–Crippen MR) is 150 cm³/mol. The Kier molecular flexibility index (Phi) is 6.93. The van der Waals surface area contributed by atoms with Crippen molar-refractivity contribution in [1.82, 2.24) is 24.7 Å². The fraction of sp³-hybridized carbons (Fsp3) is 0.586. The monoisotopic (exact) mass is 565 g/mol. The van der Waals surface area contributed by atoms with Crippen LogP contribution in [0.1, 0.15) is 91.1 Å². The number of fused-ring (bicyclic) bond motifs is 1. The van der Waals surface area contributed by atoms with Crippen molar-refractivity contribution in [1.29, 1.82) is 0 Å². The summed E-state index contributed by atoms with van der Waals surface area (Å²) in [6, 6.07) is 3.83. The van der Waals surface area contributed by atoms with Crippen LogP contribution in [0.25, 0.3) is 5.52 Å². The molecule has 3 fully saturated rings. The molecule has 3 aromatic rings. The average Bonchev–Trinajstić information content (AvgIpc) is 3.48. The van der Waals surface area contributed by atoms with Gasteiger partial charge in [0.2, 0.25) is 5.88 Å². The number of primary amides is 1. The maximum Gasteiger partial charge on any atom is 0.255 e. The number of hydrogen-bond acceptors (Lipinski definition) is 8. The van der Waals surface area contributed by atoms with Crippen LogP contribution in [0.2, 0.25) is 0 Å².